The average molecular weight is 411 g/mol. The third-order valence-corrected chi connectivity index (χ3v) is 5.85. The lowest BCUT2D eigenvalue weighted by molar-refractivity contribution is 0.0941. The second-order valence-electron chi connectivity index (χ2n) is 7.98. The maximum Gasteiger partial charge on any atom is 0.268 e. The van der Waals surface area contributed by atoms with Gasteiger partial charge in [0.15, 0.2) is 0 Å². The maximum absolute atomic E-state index is 13.2. The van der Waals surface area contributed by atoms with E-state index in [-0.39, 0.29) is 5.91 Å². The van der Waals surface area contributed by atoms with Crippen LogP contribution >= 0.6 is 0 Å². The first-order valence-corrected chi connectivity index (χ1v) is 10.5. The topological polar surface area (TPSA) is 77.9 Å². The van der Waals surface area contributed by atoms with E-state index >= 15 is 0 Å². The molecule has 31 heavy (non-hydrogen) atoms. The first-order valence-electron chi connectivity index (χ1n) is 10.5. The normalized spacial score (nSPS) is 13.8. The van der Waals surface area contributed by atoms with Gasteiger partial charge in [0.25, 0.3) is 5.91 Å². The van der Waals surface area contributed by atoms with Crippen LogP contribution in [-0.4, -0.2) is 25.0 Å². The number of fused-ring (bicyclic) bond motifs is 3. The quantitative estimate of drug-likeness (QED) is 0.452. The lowest BCUT2D eigenvalue weighted by atomic mass is 10.2. The summed E-state index contributed by atoms with van der Waals surface area (Å²) < 4.78 is 9.57. The summed E-state index contributed by atoms with van der Waals surface area (Å²) in [5.74, 6) is 1.69. The van der Waals surface area contributed by atoms with Crippen molar-refractivity contribution < 1.29 is 9.21 Å². The Labute approximate surface area is 178 Å². The van der Waals surface area contributed by atoms with Gasteiger partial charge in [0.1, 0.15) is 11.5 Å². The number of furan rings is 1. The van der Waals surface area contributed by atoms with E-state index in [4.69, 9.17) is 4.42 Å². The largest absolute Gasteiger partial charge is 0.467 e. The highest BCUT2D eigenvalue weighted by Crippen LogP contribution is 2.37. The van der Waals surface area contributed by atoms with Crippen LogP contribution in [-0.2, 0) is 13.1 Å². The molecule has 1 N–H and O–H groups in total. The second-order valence-corrected chi connectivity index (χ2v) is 7.98. The zero-order valence-electron chi connectivity index (χ0n) is 16.9. The van der Waals surface area contributed by atoms with Gasteiger partial charge in [-0.05, 0) is 49.1 Å². The molecule has 4 heterocycles. The smallest absolute Gasteiger partial charge is 0.268 e. The Hall–Kier alpha value is -3.87. The SMILES string of the molecule is O=C(NCc1ccco1)c1cc2c(c3ccccc3n2CC2CC2)n1-c1ncccn1. The van der Waals surface area contributed by atoms with Gasteiger partial charge in [0, 0.05) is 24.3 Å². The van der Waals surface area contributed by atoms with Crippen molar-refractivity contribution >= 4 is 27.8 Å². The molecule has 1 saturated carbocycles. The average Bonchev–Trinajstić information content (AvgIpc) is 3.22. The van der Waals surface area contributed by atoms with E-state index in [0.717, 1.165) is 23.0 Å². The number of carbonyl (C=O) groups excluding carboxylic acids is 1. The van der Waals surface area contributed by atoms with Crippen molar-refractivity contribution in [2.45, 2.75) is 25.9 Å². The maximum atomic E-state index is 13.2. The summed E-state index contributed by atoms with van der Waals surface area (Å²) in [5.41, 5.74) is 3.68. The summed E-state index contributed by atoms with van der Waals surface area (Å²) in [5, 5.41) is 4.06. The van der Waals surface area contributed by atoms with Crippen molar-refractivity contribution in [3.05, 3.63) is 78.6 Å². The number of rotatable bonds is 6. The molecule has 154 valence electrons. The van der Waals surface area contributed by atoms with Gasteiger partial charge in [0.2, 0.25) is 5.95 Å². The minimum atomic E-state index is -0.192. The second kappa shape index (κ2) is 7.12. The Morgan fingerprint density at radius 1 is 1.06 bits per heavy atom. The number of para-hydroxylation sites is 1. The van der Waals surface area contributed by atoms with E-state index in [9.17, 15) is 4.79 Å². The Kier molecular flexibility index (Phi) is 4.12. The van der Waals surface area contributed by atoms with Crippen LogP contribution in [0.3, 0.4) is 0 Å². The van der Waals surface area contributed by atoms with Gasteiger partial charge in [-0.25, -0.2) is 9.97 Å². The molecule has 4 aromatic heterocycles. The predicted molar refractivity (Wildman–Crippen MR) is 117 cm³/mol. The summed E-state index contributed by atoms with van der Waals surface area (Å²) >= 11 is 0. The van der Waals surface area contributed by atoms with E-state index in [0.29, 0.717) is 29.9 Å². The molecule has 1 aliphatic rings. The van der Waals surface area contributed by atoms with E-state index < -0.39 is 0 Å². The van der Waals surface area contributed by atoms with Crippen LogP contribution in [0.2, 0.25) is 0 Å². The molecule has 0 aliphatic heterocycles. The number of hydrogen-bond acceptors (Lipinski definition) is 4. The molecule has 0 saturated heterocycles. The molecule has 1 amide bonds. The number of carbonyl (C=O) groups is 1. The summed E-state index contributed by atoms with van der Waals surface area (Å²) in [4.78, 5) is 22.2. The van der Waals surface area contributed by atoms with Crippen molar-refractivity contribution in [3.8, 4) is 5.95 Å². The Balaban J connectivity index is 1.55. The van der Waals surface area contributed by atoms with Gasteiger partial charge >= 0.3 is 0 Å². The lowest BCUT2D eigenvalue weighted by Crippen LogP contribution is -2.25. The molecule has 7 heteroatoms. The van der Waals surface area contributed by atoms with Crippen molar-refractivity contribution in [2.24, 2.45) is 5.92 Å². The minimum absolute atomic E-state index is 0.192. The zero-order valence-corrected chi connectivity index (χ0v) is 16.9. The molecule has 0 spiro atoms. The lowest BCUT2D eigenvalue weighted by Gasteiger charge is -2.09. The van der Waals surface area contributed by atoms with Crippen LogP contribution < -0.4 is 5.32 Å². The molecular formula is C24H21N5O2. The summed E-state index contributed by atoms with van der Waals surface area (Å²) in [7, 11) is 0. The molecule has 1 aliphatic carbocycles. The van der Waals surface area contributed by atoms with E-state index in [2.05, 4.69) is 38.1 Å². The van der Waals surface area contributed by atoms with E-state index in [1.165, 1.54) is 18.4 Å². The molecule has 1 fully saturated rings. The highest BCUT2D eigenvalue weighted by Gasteiger charge is 2.27. The van der Waals surface area contributed by atoms with Crippen molar-refractivity contribution in [1.29, 1.82) is 0 Å². The van der Waals surface area contributed by atoms with Crippen LogP contribution in [0.15, 0.2) is 71.6 Å². The van der Waals surface area contributed by atoms with Gasteiger partial charge in [-0.15, -0.1) is 0 Å². The first kappa shape index (κ1) is 17.9. The number of nitrogens with zero attached hydrogens (tertiary/aromatic N) is 4. The molecule has 1 aromatic carbocycles. The van der Waals surface area contributed by atoms with Crippen LogP contribution in [0.25, 0.3) is 27.9 Å². The molecule has 7 nitrogen and oxygen atoms in total. The zero-order chi connectivity index (χ0) is 20.8. The Morgan fingerprint density at radius 3 is 2.68 bits per heavy atom. The van der Waals surface area contributed by atoms with Gasteiger partial charge < -0.3 is 14.3 Å². The molecule has 0 unspecified atom stereocenters. The van der Waals surface area contributed by atoms with Crippen molar-refractivity contribution in [1.82, 2.24) is 24.4 Å². The van der Waals surface area contributed by atoms with Crippen LogP contribution in [0, 0.1) is 5.92 Å². The minimum Gasteiger partial charge on any atom is -0.467 e. The number of hydrogen-bond donors (Lipinski definition) is 1. The standard InChI is InChI=1S/C24H21N5O2/c30-23(27-14-17-5-3-12-31-17)21-13-20-22(29(21)24-25-10-4-11-26-24)18-6-1-2-7-19(18)28(20)15-16-8-9-16/h1-7,10-13,16H,8-9,14-15H2,(H,27,30). The number of nitrogens with one attached hydrogen (secondary N) is 1. The summed E-state index contributed by atoms with van der Waals surface area (Å²) in [6.07, 6.45) is 7.51. The van der Waals surface area contributed by atoms with Gasteiger partial charge in [-0.3, -0.25) is 9.36 Å². The molecule has 5 aromatic rings. The van der Waals surface area contributed by atoms with Gasteiger partial charge in [0.05, 0.1) is 29.4 Å². The summed E-state index contributed by atoms with van der Waals surface area (Å²) in [6.45, 7) is 1.27. The predicted octanol–water partition coefficient (Wildman–Crippen LogP) is 4.31. The molecule has 0 bridgehead atoms. The highest BCUT2D eigenvalue weighted by molar-refractivity contribution is 6.10. The summed E-state index contributed by atoms with van der Waals surface area (Å²) in [6, 6.07) is 15.7. The van der Waals surface area contributed by atoms with Crippen molar-refractivity contribution in [2.75, 3.05) is 0 Å². The van der Waals surface area contributed by atoms with Crippen LogP contribution in [0.1, 0.15) is 29.1 Å². The molecule has 6 rings (SSSR count). The number of aromatic nitrogens is 4. The van der Waals surface area contributed by atoms with Crippen molar-refractivity contribution in [3.63, 3.8) is 0 Å². The number of benzene rings is 1. The van der Waals surface area contributed by atoms with Gasteiger partial charge in [-0.1, -0.05) is 18.2 Å². The van der Waals surface area contributed by atoms with E-state index in [1.807, 2.05) is 28.8 Å². The third kappa shape index (κ3) is 3.09. The molecule has 0 radical (unpaired) electrons. The molecular weight excluding hydrogens is 390 g/mol. The van der Waals surface area contributed by atoms with E-state index in [1.54, 1.807) is 24.7 Å². The fourth-order valence-corrected chi connectivity index (χ4v) is 4.21. The van der Waals surface area contributed by atoms with Crippen LogP contribution in [0.5, 0.6) is 0 Å². The number of amides is 1. The van der Waals surface area contributed by atoms with Crippen LogP contribution in [0.4, 0.5) is 0 Å². The van der Waals surface area contributed by atoms with Gasteiger partial charge in [-0.2, -0.15) is 0 Å². The fourth-order valence-electron chi connectivity index (χ4n) is 4.21. The Morgan fingerprint density at radius 2 is 1.90 bits per heavy atom. The molecule has 0 atom stereocenters. The fraction of sp³-hybridized carbons (Fsp3) is 0.208. The monoisotopic (exact) mass is 411 g/mol. The first-order chi connectivity index (χ1) is 15.3. The Bertz CT molecular complexity index is 1380. The highest BCUT2D eigenvalue weighted by atomic mass is 16.3. The third-order valence-electron chi connectivity index (χ3n) is 5.85.